The first-order valence-electron chi connectivity index (χ1n) is 8.97. The zero-order chi connectivity index (χ0) is 18.7. The van der Waals surface area contributed by atoms with Crippen molar-refractivity contribution in [3.05, 3.63) is 28.8 Å². The van der Waals surface area contributed by atoms with Crippen LogP contribution in [-0.2, 0) is 9.53 Å². The topological polar surface area (TPSA) is 59.1 Å². The maximum Gasteiger partial charge on any atom is 0.254 e. The molecular weight excluding hydrogens is 356 g/mol. The summed E-state index contributed by atoms with van der Waals surface area (Å²) >= 11 is 6.18. The number of carbonyl (C=O) groups excluding carboxylic acids is 2. The van der Waals surface area contributed by atoms with Crippen LogP contribution in [0.15, 0.2) is 18.2 Å². The van der Waals surface area contributed by atoms with Crippen LogP contribution < -0.4 is 4.74 Å². The lowest BCUT2D eigenvalue weighted by molar-refractivity contribution is -0.146. The second-order valence-corrected chi connectivity index (χ2v) is 7.24. The van der Waals surface area contributed by atoms with E-state index in [1.165, 1.54) is 7.11 Å². The van der Waals surface area contributed by atoms with Gasteiger partial charge in [-0.25, -0.2) is 0 Å². The van der Waals surface area contributed by atoms with E-state index >= 15 is 0 Å². The molecule has 1 aromatic rings. The molecular formula is C19H25ClN2O4. The number of halogens is 1. The van der Waals surface area contributed by atoms with Gasteiger partial charge >= 0.3 is 0 Å². The zero-order valence-corrected chi connectivity index (χ0v) is 16.1. The SMILES string of the molecule is COCCN1CCCC2(CCCN2C(=O)c2ccc(OC)c(Cl)c2)C1=O. The molecule has 1 aromatic carbocycles. The van der Waals surface area contributed by atoms with Gasteiger partial charge in [-0.05, 0) is 43.9 Å². The van der Waals surface area contributed by atoms with Crippen LogP contribution in [-0.4, -0.2) is 67.6 Å². The molecule has 3 rings (SSSR count). The molecule has 2 saturated heterocycles. The Labute approximate surface area is 159 Å². The molecule has 0 aliphatic carbocycles. The number of hydrogen-bond acceptors (Lipinski definition) is 4. The summed E-state index contributed by atoms with van der Waals surface area (Å²) in [6, 6.07) is 5.01. The van der Waals surface area contributed by atoms with E-state index in [2.05, 4.69) is 0 Å². The van der Waals surface area contributed by atoms with E-state index in [0.29, 0.717) is 48.9 Å². The van der Waals surface area contributed by atoms with Gasteiger partial charge < -0.3 is 19.3 Å². The minimum Gasteiger partial charge on any atom is -0.495 e. The summed E-state index contributed by atoms with van der Waals surface area (Å²) in [6.45, 7) is 2.38. The summed E-state index contributed by atoms with van der Waals surface area (Å²) in [4.78, 5) is 30.0. The van der Waals surface area contributed by atoms with Crippen LogP contribution in [0, 0.1) is 0 Å². The molecule has 142 valence electrons. The Balaban J connectivity index is 1.86. The Bertz CT molecular complexity index is 696. The van der Waals surface area contributed by atoms with Gasteiger partial charge in [0.1, 0.15) is 11.3 Å². The van der Waals surface area contributed by atoms with Crippen molar-refractivity contribution in [2.45, 2.75) is 31.2 Å². The van der Waals surface area contributed by atoms with E-state index in [1.807, 2.05) is 4.90 Å². The monoisotopic (exact) mass is 380 g/mol. The second kappa shape index (κ2) is 7.84. The summed E-state index contributed by atoms with van der Waals surface area (Å²) in [7, 11) is 3.16. The van der Waals surface area contributed by atoms with Crippen LogP contribution in [0.4, 0.5) is 0 Å². The number of methoxy groups -OCH3 is 2. The van der Waals surface area contributed by atoms with E-state index in [4.69, 9.17) is 21.1 Å². The lowest BCUT2D eigenvalue weighted by atomic mass is 9.85. The van der Waals surface area contributed by atoms with Gasteiger partial charge in [0.25, 0.3) is 5.91 Å². The minimum absolute atomic E-state index is 0.0475. The predicted octanol–water partition coefficient (Wildman–Crippen LogP) is 2.59. The zero-order valence-electron chi connectivity index (χ0n) is 15.3. The van der Waals surface area contributed by atoms with E-state index in [9.17, 15) is 9.59 Å². The smallest absolute Gasteiger partial charge is 0.254 e. The Kier molecular flexibility index (Phi) is 5.73. The van der Waals surface area contributed by atoms with Gasteiger partial charge in [0.05, 0.1) is 18.7 Å². The third-order valence-corrected chi connectivity index (χ3v) is 5.70. The first kappa shape index (κ1) is 19.0. The van der Waals surface area contributed by atoms with Gasteiger partial charge in [-0.3, -0.25) is 9.59 Å². The highest BCUT2D eigenvalue weighted by Gasteiger charge is 2.52. The van der Waals surface area contributed by atoms with Crippen molar-refractivity contribution >= 4 is 23.4 Å². The number of piperidine rings is 1. The minimum atomic E-state index is -0.727. The Morgan fingerprint density at radius 2 is 1.96 bits per heavy atom. The molecule has 0 aromatic heterocycles. The van der Waals surface area contributed by atoms with Crippen LogP contribution in [0.3, 0.4) is 0 Å². The summed E-state index contributed by atoms with van der Waals surface area (Å²) < 4.78 is 10.3. The summed E-state index contributed by atoms with van der Waals surface area (Å²) in [5.74, 6) is 0.430. The Morgan fingerprint density at radius 1 is 1.23 bits per heavy atom. The summed E-state index contributed by atoms with van der Waals surface area (Å²) in [5, 5.41) is 0.392. The van der Waals surface area contributed by atoms with Crippen molar-refractivity contribution in [1.82, 2.24) is 9.80 Å². The highest BCUT2D eigenvalue weighted by molar-refractivity contribution is 6.32. The highest BCUT2D eigenvalue weighted by atomic mass is 35.5. The van der Waals surface area contributed by atoms with Gasteiger partial charge in [-0.2, -0.15) is 0 Å². The molecule has 26 heavy (non-hydrogen) atoms. The van der Waals surface area contributed by atoms with Crippen molar-refractivity contribution in [2.24, 2.45) is 0 Å². The molecule has 1 unspecified atom stereocenters. The molecule has 0 bridgehead atoms. The first-order valence-corrected chi connectivity index (χ1v) is 9.35. The van der Waals surface area contributed by atoms with E-state index in [1.54, 1.807) is 30.2 Å². The van der Waals surface area contributed by atoms with Crippen LogP contribution in [0.1, 0.15) is 36.0 Å². The van der Waals surface area contributed by atoms with Crippen LogP contribution in [0.5, 0.6) is 5.75 Å². The van der Waals surface area contributed by atoms with Crippen LogP contribution >= 0.6 is 11.6 Å². The number of rotatable bonds is 5. The quantitative estimate of drug-likeness (QED) is 0.787. The fraction of sp³-hybridized carbons (Fsp3) is 0.579. The molecule has 2 amide bonds. The molecule has 2 aliphatic rings. The number of likely N-dealkylation sites (tertiary alicyclic amines) is 2. The maximum atomic E-state index is 13.2. The highest BCUT2D eigenvalue weighted by Crippen LogP contribution is 2.39. The molecule has 2 aliphatic heterocycles. The standard InChI is InChI=1S/C19H25ClN2O4/c1-25-12-11-21-9-3-7-19(18(21)24)8-4-10-22(19)17(23)14-5-6-16(26-2)15(20)13-14/h5-6,13H,3-4,7-12H2,1-2H3. The number of benzene rings is 1. The Hall–Kier alpha value is -1.79. The third-order valence-electron chi connectivity index (χ3n) is 5.40. The maximum absolute atomic E-state index is 13.2. The number of amides is 2. The van der Waals surface area contributed by atoms with Crippen molar-refractivity contribution in [3.8, 4) is 5.75 Å². The molecule has 0 radical (unpaired) electrons. The van der Waals surface area contributed by atoms with Crippen LogP contribution in [0.2, 0.25) is 5.02 Å². The molecule has 1 spiro atoms. The lowest BCUT2D eigenvalue weighted by Crippen LogP contribution is -2.61. The second-order valence-electron chi connectivity index (χ2n) is 6.83. The molecule has 0 saturated carbocycles. The molecule has 7 heteroatoms. The van der Waals surface area contributed by atoms with Gasteiger partial charge in [-0.1, -0.05) is 11.6 Å². The van der Waals surface area contributed by atoms with Gasteiger partial charge in [0, 0.05) is 32.3 Å². The van der Waals surface area contributed by atoms with Crippen molar-refractivity contribution in [2.75, 3.05) is 40.5 Å². The molecule has 2 fully saturated rings. The average molecular weight is 381 g/mol. The molecule has 1 atom stereocenters. The number of nitrogens with zero attached hydrogens (tertiary/aromatic N) is 2. The predicted molar refractivity (Wildman–Crippen MR) is 98.7 cm³/mol. The van der Waals surface area contributed by atoms with Crippen LogP contribution in [0.25, 0.3) is 0 Å². The number of hydrogen-bond donors (Lipinski definition) is 0. The fourth-order valence-electron chi connectivity index (χ4n) is 4.09. The Morgan fingerprint density at radius 3 is 2.62 bits per heavy atom. The normalized spacial score (nSPS) is 23.0. The number of carbonyl (C=O) groups is 2. The van der Waals surface area contributed by atoms with Gasteiger partial charge in [0.2, 0.25) is 5.91 Å². The van der Waals surface area contributed by atoms with Crippen molar-refractivity contribution in [3.63, 3.8) is 0 Å². The third kappa shape index (κ3) is 3.28. The summed E-state index contributed by atoms with van der Waals surface area (Å²) in [5.41, 5.74) is -0.242. The van der Waals surface area contributed by atoms with Crippen molar-refractivity contribution in [1.29, 1.82) is 0 Å². The van der Waals surface area contributed by atoms with Gasteiger partial charge in [0.15, 0.2) is 0 Å². The molecule has 0 N–H and O–H groups in total. The lowest BCUT2D eigenvalue weighted by Gasteiger charge is -2.44. The average Bonchev–Trinajstić information content (AvgIpc) is 3.06. The number of ether oxygens (including phenoxy) is 2. The summed E-state index contributed by atoms with van der Waals surface area (Å²) in [6.07, 6.45) is 3.15. The molecule has 2 heterocycles. The van der Waals surface area contributed by atoms with E-state index in [0.717, 1.165) is 19.4 Å². The molecule has 6 nitrogen and oxygen atoms in total. The fourth-order valence-corrected chi connectivity index (χ4v) is 4.35. The van der Waals surface area contributed by atoms with E-state index < -0.39 is 5.54 Å². The largest absolute Gasteiger partial charge is 0.495 e. The first-order chi connectivity index (χ1) is 12.5. The van der Waals surface area contributed by atoms with Crippen molar-refractivity contribution < 1.29 is 19.1 Å². The van der Waals surface area contributed by atoms with Gasteiger partial charge in [-0.15, -0.1) is 0 Å². The van der Waals surface area contributed by atoms with E-state index in [-0.39, 0.29) is 11.8 Å².